The number of hydrogen-bond donors (Lipinski definition) is 1. The molecule has 0 aromatic rings. The van der Waals surface area contributed by atoms with Gasteiger partial charge >= 0.3 is 0 Å². The molecule has 0 spiro atoms. The van der Waals surface area contributed by atoms with Crippen LogP contribution in [0.1, 0.15) is 13.3 Å². The molecule has 1 aliphatic carbocycles. The van der Waals surface area contributed by atoms with E-state index >= 15 is 0 Å². The summed E-state index contributed by atoms with van der Waals surface area (Å²) < 4.78 is 0. The van der Waals surface area contributed by atoms with Gasteiger partial charge in [-0.15, -0.1) is 24.0 Å². The Morgan fingerprint density at radius 3 is 2.82 bits per heavy atom. The molecule has 0 amide bonds. The van der Waals surface area contributed by atoms with Crippen LogP contribution in [0.5, 0.6) is 0 Å². The number of nitrogens with zero attached hydrogens (tertiary/aromatic N) is 1. The molecule has 0 saturated heterocycles. The first kappa shape index (κ1) is 9.14. The van der Waals surface area contributed by atoms with E-state index < -0.39 is 0 Å². The lowest BCUT2D eigenvalue weighted by Gasteiger charge is -2.13. The van der Waals surface area contributed by atoms with Crippen LogP contribution in [0.25, 0.3) is 0 Å². The van der Waals surface area contributed by atoms with Gasteiger partial charge in [-0.3, -0.25) is 4.99 Å². The minimum Gasteiger partial charge on any atom is -0.387 e. The van der Waals surface area contributed by atoms with Crippen molar-refractivity contribution in [2.45, 2.75) is 24.8 Å². The lowest BCUT2D eigenvalue weighted by Crippen LogP contribution is -2.22. The number of rotatable bonds is 0. The second-order valence-electron chi connectivity index (χ2n) is 3.31. The van der Waals surface area contributed by atoms with E-state index in [1.165, 1.54) is 0 Å². The summed E-state index contributed by atoms with van der Waals surface area (Å²) in [4.78, 5) is 4.25. The molecule has 11 heavy (non-hydrogen) atoms. The Bertz CT molecular complexity index is 193. The van der Waals surface area contributed by atoms with E-state index in [9.17, 15) is 0 Å². The quantitative estimate of drug-likeness (QED) is 0.583. The zero-order chi connectivity index (χ0) is 7.30. The van der Waals surface area contributed by atoms with Gasteiger partial charge in [0.05, 0.1) is 17.3 Å². The van der Waals surface area contributed by atoms with E-state index in [1.807, 2.05) is 0 Å². The second-order valence-corrected chi connectivity index (χ2v) is 3.82. The predicted molar refractivity (Wildman–Crippen MR) is 49.6 cm³/mol. The van der Waals surface area contributed by atoms with Crippen molar-refractivity contribution >= 4 is 29.8 Å². The molecule has 0 bridgehead atoms. The summed E-state index contributed by atoms with van der Waals surface area (Å²) in [6.45, 7) is 2.20. The first-order chi connectivity index (χ1) is 4.70. The SMILES string of the molecule is CC1CC(N)=N[C@@H]2[C@H](Cl)[C@@H]12.Cl. The van der Waals surface area contributed by atoms with Crippen molar-refractivity contribution in [3.05, 3.63) is 0 Å². The fourth-order valence-corrected chi connectivity index (χ4v) is 2.34. The molecule has 4 atom stereocenters. The summed E-state index contributed by atoms with van der Waals surface area (Å²) in [5.74, 6) is 2.05. The largest absolute Gasteiger partial charge is 0.387 e. The number of hydrogen-bond acceptors (Lipinski definition) is 2. The third-order valence-corrected chi connectivity index (χ3v) is 3.00. The molecular weight excluding hydrogens is 183 g/mol. The summed E-state index contributed by atoms with van der Waals surface area (Å²) in [5.41, 5.74) is 5.60. The van der Waals surface area contributed by atoms with Crippen molar-refractivity contribution in [1.82, 2.24) is 0 Å². The van der Waals surface area contributed by atoms with E-state index in [0.29, 0.717) is 17.9 Å². The molecule has 0 aromatic heterocycles. The van der Waals surface area contributed by atoms with Gasteiger partial charge in [0, 0.05) is 12.3 Å². The maximum absolute atomic E-state index is 5.96. The molecule has 2 N–H and O–H groups in total. The van der Waals surface area contributed by atoms with Gasteiger partial charge in [0.15, 0.2) is 0 Å². The van der Waals surface area contributed by atoms with Gasteiger partial charge in [-0.25, -0.2) is 0 Å². The van der Waals surface area contributed by atoms with Gasteiger partial charge in [0.1, 0.15) is 0 Å². The molecule has 2 rings (SSSR count). The van der Waals surface area contributed by atoms with E-state index in [2.05, 4.69) is 11.9 Å². The van der Waals surface area contributed by atoms with Crippen LogP contribution in [-0.2, 0) is 0 Å². The molecule has 2 nitrogen and oxygen atoms in total. The Balaban J connectivity index is 0.000000605. The highest BCUT2D eigenvalue weighted by Gasteiger charge is 2.54. The van der Waals surface area contributed by atoms with Crippen molar-refractivity contribution in [2.75, 3.05) is 0 Å². The van der Waals surface area contributed by atoms with Crippen molar-refractivity contribution in [3.63, 3.8) is 0 Å². The average Bonchev–Trinajstić information content (AvgIpc) is 2.42. The molecule has 1 unspecified atom stereocenters. The van der Waals surface area contributed by atoms with Crippen LogP contribution in [0.4, 0.5) is 0 Å². The Morgan fingerprint density at radius 1 is 1.64 bits per heavy atom. The van der Waals surface area contributed by atoms with Crippen molar-refractivity contribution in [3.8, 4) is 0 Å². The minimum atomic E-state index is 0. The maximum Gasteiger partial charge on any atom is 0.0944 e. The summed E-state index contributed by atoms with van der Waals surface area (Å²) >= 11 is 5.96. The second kappa shape index (κ2) is 2.83. The standard InChI is InChI=1S/C7H11ClN2.ClH/c1-3-2-4(9)10-7-5(3)6(7)8;/h3,5-7H,2H2,1H3,(H2,9,10);1H/t3?,5-,6-,7+;/m1./s1. The third-order valence-electron chi connectivity index (χ3n) is 2.45. The normalized spacial score (nSPS) is 46.9. The van der Waals surface area contributed by atoms with Gasteiger partial charge < -0.3 is 5.73 Å². The van der Waals surface area contributed by atoms with Crippen LogP contribution < -0.4 is 5.73 Å². The molecule has 4 heteroatoms. The van der Waals surface area contributed by atoms with Crippen molar-refractivity contribution < 1.29 is 0 Å². The van der Waals surface area contributed by atoms with Crippen LogP contribution in [0.2, 0.25) is 0 Å². The summed E-state index contributed by atoms with van der Waals surface area (Å²) in [5, 5.41) is 0.274. The van der Waals surface area contributed by atoms with Crippen LogP contribution in [-0.4, -0.2) is 17.3 Å². The highest BCUT2D eigenvalue weighted by atomic mass is 35.5. The number of aliphatic imine (C=N–C) groups is 1. The Morgan fingerprint density at radius 2 is 2.27 bits per heavy atom. The summed E-state index contributed by atoms with van der Waals surface area (Å²) in [6.07, 6.45) is 0.935. The first-order valence-electron chi connectivity index (χ1n) is 3.66. The lowest BCUT2D eigenvalue weighted by atomic mass is 9.99. The molecule has 1 heterocycles. The fourth-order valence-electron chi connectivity index (χ4n) is 1.80. The molecule has 1 fully saturated rings. The highest BCUT2D eigenvalue weighted by Crippen LogP contribution is 2.48. The summed E-state index contributed by atoms with van der Waals surface area (Å²) in [6, 6.07) is 0.352. The first-order valence-corrected chi connectivity index (χ1v) is 4.10. The zero-order valence-corrected chi connectivity index (χ0v) is 7.90. The van der Waals surface area contributed by atoms with E-state index in [4.69, 9.17) is 17.3 Å². The van der Waals surface area contributed by atoms with Crippen LogP contribution >= 0.6 is 24.0 Å². The number of halogens is 2. The van der Waals surface area contributed by atoms with E-state index in [0.717, 1.165) is 12.3 Å². The molecule has 2 aliphatic rings. The predicted octanol–water partition coefficient (Wildman–Crippen LogP) is 1.41. The molecule has 0 aromatic carbocycles. The monoisotopic (exact) mass is 194 g/mol. The molecular formula is C7H12Cl2N2. The topological polar surface area (TPSA) is 38.4 Å². The van der Waals surface area contributed by atoms with Crippen LogP contribution in [0.15, 0.2) is 4.99 Å². The fraction of sp³-hybridized carbons (Fsp3) is 0.857. The number of fused-ring (bicyclic) bond motifs is 1. The number of nitrogens with two attached hydrogens (primary N) is 1. The van der Waals surface area contributed by atoms with Gasteiger partial charge in [-0.2, -0.15) is 0 Å². The van der Waals surface area contributed by atoms with E-state index in [1.54, 1.807) is 0 Å². The highest BCUT2D eigenvalue weighted by molar-refractivity contribution is 6.23. The number of alkyl halides is 1. The van der Waals surface area contributed by atoms with Gasteiger partial charge in [0.2, 0.25) is 0 Å². The molecule has 0 radical (unpaired) electrons. The molecule has 1 aliphatic heterocycles. The zero-order valence-electron chi connectivity index (χ0n) is 6.33. The third kappa shape index (κ3) is 1.34. The molecule has 1 saturated carbocycles. The minimum absolute atomic E-state index is 0. The van der Waals surface area contributed by atoms with E-state index in [-0.39, 0.29) is 17.8 Å². The van der Waals surface area contributed by atoms with Gasteiger partial charge in [-0.05, 0) is 5.92 Å². The number of amidine groups is 1. The van der Waals surface area contributed by atoms with Crippen LogP contribution in [0.3, 0.4) is 0 Å². The Hall–Kier alpha value is 0.0500. The van der Waals surface area contributed by atoms with Gasteiger partial charge in [0.25, 0.3) is 0 Å². The van der Waals surface area contributed by atoms with Crippen LogP contribution in [0, 0.1) is 11.8 Å². The average molecular weight is 195 g/mol. The molecule has 64 valence electrons. The van der Waals surface area contributed by atoms with Crippen molar-refractivity contribution in [1.29, 1.82) is 0 Å². The van der Waals surface area contributed by atoms with Gasteiger partial charge in [-0.1, -0.05) is 6.92 Å². The maximum atomic E-state index is 5.96. The Kier molecular flexibility index (Phi) is 2.35. The smallest absolute Gasteiger partial charge is 0.0944 e. The summed E-state index contributed by atoms with van der Waals surface area (Å²) in [7, 11) is 0. The van der Waals surface area contributed by atoms with Crippen molar-refractivity contribution in [2.24, 2.45) is 22.6 Å². The lowest BCUT2D eigenvalue weighted by molar-refractivity contribution is 0.499. The Labute approximate surface area is 77.6 Å².